The Bertz CT molecular complexity index is 875. The summed E-state index contributed by atoms with van der Waals surface area (Å²) < 4.78 is 6.31. The van der Waals surface area contributed by atoms with Crippen molar-refractivity contribution in [3.8, 4) is 11.5 Å². The van der Waals surface area contributed by atoms with Gasteiger partial charge in [0.15, 0.2) is 0 Å². The zero-order valence-electron chi connectivity index (χ0n) is 16.6. The van der Waals surface area contributed by atoms with E-state index in [0.717, 1.165) is 29.9 Å². The Balaban J connectivity index is 1.44. The maximum Gasteiger partial charge on any atom is 0.242 e. The number of ether oxygens (including phenoxy) is 1. The van der Waals surface area contributed by atoms with Gasteiger partial charge in [0.2, 0.25) is 11.8 Å². The third-order valence-electron chi connectivity index (χ3n) is 4.60. The predicted octanol–water partition coefficient (Wildman–Crippen LogP) is 3.45. The van der Waals surface area contributed by atoms with Gasteiger partial charge in [-0.25, -0.2) is 0 Å². The molecule has 0 aliphatic carbocycles. The van der Waals surface area contributed by atoms with Crippen molar-refractivity contribution in [2.75, 3.05) is 13.1 Å². The number of para-hydroxylation sites is 1. The van der Waals surface area contributed by atoms with Gasteiger partial charge in [0, 0.05) is 19.5 Å². The van der Waals surface area contributed by atoms with Crippen LogP contribution in [0, 0.1) is 0 Å². The van der Waals surface area contributed by atoms with Crippen molar-refractivity contribution in [1.29, 1.82) is 0 Å². The second kappa shape index (κ2) is 11.1. The molecular formula is C22H25N3O3S2. The van der Waals surface area contributed by atoms with Crippen LogP contribution in [0.25, 0.3) is 0 Å². The molecule has 2 aromatic carbocycles. The maximum absolute atomic E-state index is 12.5. The van der Waals surface area contributed by atoms with E-state index >= 15 is 0 Å². The molecule has 30 heavy (non-hydrogen) atoms. The molecule has 6 nitrogen and oxygen atoms in total. The van der Waals surface area contributed by atoms with Gasteiger partial charge in [0.25, 0.3) is 0 Å². The van der Waals surface area contributed by atoms with Crippen LogP contribution in [-0.2, 0) is 16.1 Å². The highest BCUT2D eigenvalue weighted by Crippen LogP contribution is 2.29. The number of unbranched alkanes of at least 4 members (excludes halogenated alkanes) is 1. The molecule has 3 rings (SSSR count). The highest BCUT2D eigenvalue weighted by Gasteiger charge is 2.37. The number of carbonyl (C=O) groups excluding carboxylic acids is 2. The molecule has 0 saturated carbocycles. The van der Waals surface area contributed by atoms with Gasteiger partial charge in [-0.2, -0.15) is 0 Å². The van der Waals surface area contributed by atoms with Crippen LogP contribution in [0.2, 0.25) is 0 Å². The summed E-state index contributed by atoms with van der Waals surface area (Å²) in [7, 11) is 0. The molecule has 2 amide bonds. The number of thiocarbonyl (C=S) groups is 1. The minimum Gasteiger partial charge on any atom is -0.457 e. The van der Waals surface area contributed by atoms with E-state index in [1.165, 1.54) is 11.8 Å². The van der Waals surface area contributed by atoms with E-state index < -0.39 is 5.25 Å². The van der Waals surface area contributed by atoms with Crippen LogP contribution in [0.3, 0.4) is 0 Å². The first-order valence-electron chi connectivity index (χ1n) is 9.87. The van der Waals surface area contributed by atoms with Crippen molar-refractivity contribution in [3.05, 3.63) is 60.2 Å². The smallest absolute Gasteiger partial charge is 0.242 e. The molecular weight excluding hydrogens is 418 g/mol. The number of nitrogens with two attached hydrogens (primary N) is 1. The average Bonchev–Trinajstić information content (AvgIpc) is 3.01. The predicted molar refractivity (Wildman–Crippen MR) is 123 cm³/mol. The summed E-state index contributed by atoms with van der Waals surface area (Å²) in [5, 5.41) is 2.43. The molecule has 158 valence electrons. The van der Waals surface area contributed by atoms with E-state index in [1.54, 1.807) is 4.90 Å². The van der Waals surface area contributed by atoms with Crippen LogP contribution in [0.5, 0.6) is 11.5 Å². The van der Waals surface area contributed by atoms with Gasteiger partial charge in [-0.1, -0.05) is 54.3 Å². The molecule has 3 N–H and O–H groups in total. The number of nitrogens with zero attached hydrogens (tertiary/aromatic N) is 1. The Morgan fingerprint density at radius 2 is 1.80 bits per heavy atom. The van der Waals surface area contributed by atoms with Crippen molar-refractivity contribution >= 4 is 40.1 Å². The zero-order chi connectivity index (χ0) is 21.3. The summed E-state index contributed by atoms with van der Waals surface area (Å²) in [5.41, 5.74) is 6.45. The zero-order valence-corrected chi connectivity index (χ0v) is 18.2. The third kappa shape index (κ3) is 6.29. The summed E-state index contributed by atoms with van der Waals surface area (Å²) in [5.74, 6) is 1.25. The Hall–Kier alpha value is -2.42. The van der Waals surface area contributed by atoms with Gasteiger partial charge in [-0.05, 0) is 49.2 Å². The molecule has 0 radical (unpaired) electrons. The summed E-state index contributed by atoms with van der Waals surface area (Å²) in [6.07, 6.45) is 1.77. The SMILES string of the molecule is NCCCCN1C(=O)C(CC(=O)NCc2ccc(Oc3ccccc3)cc2)SC1=S. The van der Waals surface area contributed by atoms with E-state index in [-0.39, 0.29) is 18.2 Å². The number of thioether (sulfide) groups is 1. The molecule has 2 aromatic rings. The van der Waals surface area contributed by atoms with Gasteiger partial charge in [-0.3, -0.25) is 14.5 Å². The van der Waals surface area contributed by atoms with Gasteiger partial charge in [0.1, 0.15) is 15.8 Å². The molecule has 8 heteroatoms. The van der Waals surface area contributed by atoms with E-state index in [2.05, 4.69) is 5.32 Å². The molecule has 0 spiro atoms. The average molecular weight is 444 g/mol. The number of rotatable bonds is 10. The fraction of sp³-hybridized carbons (Fsp3) is 0.318. The second-order valence-electron chi connectivity index (χ2n) is 6.90. The van der Waals surface area contributed by atoms with E-state index in [1.807, 2.05) is 54.6 Å². The van der Waals surface area contributed by atoms with Crippen molar-refractivity contribution in [2.24, 2.45) is 5.73 Å². The first kappa shape index (κ1) is 22.3. The first-order chi connectivity index (χ1) is 14.6. The van der Waals surface area contributed by atoms with Gasteiger partial charge >= 0.3 is 0 Å². The lowest BCUT2D eigenvalue weighted by Crippen LogP contribution is -2.35. The molecule has 1 aliphatic rings. The van der Waals surface area contributed by atoms with Gasteiger partial charge in [-0.15, -0.1) is 0 Å². The largest absolute Gasteiger partial charge is 0.457 e. The Labute approximate surface area is 186 Å². The maximum atomic E-state index is 12.5. The lowest BCUT2D eigenvalue weighted by Gasteiger charge is -2.15. The normalized spacial score (nSPS) is 16.0. The van der Waals surface area contributed by atoms with Gasteiger partial charge in [0.05, 0.1) is 5.25 Å². The highest BCUT2D eigenvalue weighted by atomic mass is 32.2. The van der Waals surface area contributed by atoms with E-state index in [9.17, 15) is 9.59 Å². The molecule has 1 aliphatic heterocycles. The summed E-state index contributed by atoms with van der Waals surface area (Å²) in [6, 6.07) is 17.1. The molecule has 1 unspecified atom stereocenters. The molecule has 1 fully saturated rings. The highest BCUT2D eigenvalue weighted by molar-refractivity contribution is 8.24. The Kier molecular flexibility index (Phi) is 8.24. The topological polar surface area (TPSA) is 84.7 Å². The van der Waals surface area contributed by atoms with Crippen molar-refractivity contribution in [1.82, 2.24) is 10.2 Å². The van der Waals surface area contributed by atoms with Crippen LogP contribution in [-0.4, -0.2) is 39.4 Å². The number of hydrogen-bond acceptors (Lipinski definition) is 6. The number of carbonyl (C=O) groups is 2. The van der Waals surface area contributed by atoms with Crippen LogP contribution in [0.15, 0.2) is 54.6 Å². The van der Waals surface area contributed by atoms with Crippen molar-refractivity contribution < 1.29 is 14.3 Å². The van der Waals surface area contributed by atoms with E-state index in [0.29, 0.717) is 24.0 Å². The van der Waals surface area contributed by atoms with Crippen LogP contribution in [0.4, 0.5) is 0 Å². The summed E-state index contributed by atoms with van der Waals surface area (Å²) in [6.45, 7) is 1.55. The minimum absolute atomic E-state index is 0.0837. The standard InChI is InChI=1S/C22H25N3O3S2/c23-12-4-5-13-25-21(27)19(30-22(25)29)14-20(26)24-15-16-8-10-18(11-9-16)28-17-6-2-1-3-7-17/h1-3,6-11,19H,4-5,12-15,23H2,(H,24,26). The molecule has 1 heterocycles. The quantitative estimate of drug-likeness (QED) is 0.432. The number of benzene rings is 2. The summed E-state index contributed by atoms with van der Waals surface area (Å²) in [4.78, 5) is 26.4. The van der Waals surface area contributed by atoms with Crippen molar-refractivity contribution in [3.63, 3.8) is 0 Å². The Morgan fingerprint density at radius 3 is 2.50 bits per heavy atom. The third-order valence-corrected chi connectivity index (χ3v) is 6.19. The van der Waals surface area contributed by atoms with Gasteiger partial charge < -0.3 is 15.8 Å². The number of hydrogen-bond donors (Lipinski definition) is 2. The monoisotopic (exact) mass is 443 g/mol. The second-order valence-corrected chi connectivity index (χ2v) is 8.73. The number of amides is 2. The lowest BCUT2D eigenvalue weighted by molar-refractivity contribution is -0.129. The molecule has 0 aromatic heterocycles. The fourth-order valence-corrected chi connectivity index (χ4v) is 4.53. The van der Waals surface area contributed by atoms with Crippen molar-refractivity contribution in [2.45, 2.75) is 31.1 Å². The van der Waals surface area contributed by atoms with Crippen LogP contribution >= 0.6 is 24.0 Å². The fourth-order valence-electron chi connectivity index (χ4n) is 2.99. The number of nitrogens with one attached hydrogen (secondary N) is 1. The Morgan fingerprint density at radius 1 is 1.10 bits per heavy atom. The van der Waals surface area contributed by atoms with Crippen LogP contribution < -0.4 is 15.8 Å². The first-order valence-corrected chi connectivity index (χ1v) is 11.2. The lowest BCUT2D eigenvalue weighted by atomic mass is 10.2. The molecule has 0 bridgehead atoms. The molecule has 1 atom stereocenters. The summed E-state index contributed by atoms with van der Waals surface area (Å²) >= 11 is 6.58. The minimum atomic E-state index is -0.447. The van der Waals surface area contributed by atoms with Crippen LogP contribution in [0.1, 0.15) is 24.8 Å². The molecule has 1 saturated heterocycles. The van der Waals surface area contributed by atoms with E-state index in [4.69, 9.17) is 22.7 Å².